The normalized spacial score (nSPS) is 10.7. The topological polar surface area (TPSA) is 120 Å². The third-order valence-electron chi connectivity index (χ3n) is 4.22. The van der Waals surface area contributed by atoms with Crippen LogP contribution in [0.1, 0.15) is 32.2 Å². The van der Waals surface area contributed by atoms with Gasteiger partial charge in [0, 0.05) is 5.56 Å². The summed E-state index contributed by atoms with van der Waals surface area (Å²) in [5.74, 6) is 0.169. The molecule has 2 N–H and O–H groups in total. The molecule has 3 aromatic rings. The zero-order chi connectivity index (χ0) is 23.1. The van der Waals surface area contributed by atoms with Gasteiger partial charge in [-0.05, 0) is 76.7 Å². The van der Waals surface area contributed by atoms with Gasteiger partial charge in [0.25, 0.3) is 5.91 Å². The summed E-state index contributed by atoms with van der Waals surface area (Å²) in [5, 5.41) is 12.9. The lowest BCUT2D eigenvalue weighted by molar-refractivity contribution is 0.0657. The van der Waals surface area contributed by atoms with E-state index in [1.54, 1.807) is 43.5 Å². The average molecular weight is 550 g/mol. The van der Waals surface area contributed by atoms with E-state index in [1.807, 2.05) is 0 Å². The molecule has 0 saturated carbocycles. The number of hydrazone groups is 1. The van der Waals surface area contributed by atoms with E-state index in [2.05, 4.69) is 33.1 Å². The molecule has 166 valence electrons. The summed E-state index contributed by atoms with van der Waals surface area (Å²) in [6, 6.07) is 13.1. The van der Waals surface area contributed by atoms with Crippen molar-refractivity contribution in [2.75, 3.05) is 14.2 Å². The van der Waals surface area contributed by atoms with Gasteiger partial charge in [-0.1, -0.05) is 0 Å². The molecule has 3 rings (SSSR count). The Kier molecular flexibility index (Phi) is 7.71. The number of nitrogens with one attached hydrogen (secondary N) is 1. The Labute approximate surface area is 197 Å². The number of ether oxygens (including phenoxy) is 3. The van der Waals surface area contributed by atoms with Crippen molar-refractivity contribution < 1.29 is 33.3 Å². The van der Waals surface area contributed by atoms with Crippen LogP contribution in [0.3, 0.4) is 0 Å². The molecular formula is C22H19IN2O7. The number of carboxylic acids is 1. The number of carboxylic acid groups (broad SMARTS) is 1. The molecule has 2 aromatic carbocycles. The van der Waals surface area contributed by atoms with Crippen LogP contribution in [0.5, 0.6) is 17.2 Å². The van der Waals surface area contributed by atoms with Gasteiger partial charge in [0.15, 0.2) is 11.5 Å². The fourth-order valence-corrected chi connectivity index (χ4v) is 3.19. The first kappa shape index (κ1) is 23.1. The fraction of sp³-hybridized carbons (Fsp3) is 0.136. The zero-order valence-electron chi connectivity index (χ0n) is 17.1. The van der Waals surface area contributed by atoms with Crippen LogP contribution in [0.2, 0.25) is 0 Å². The van der Waals surface area contributed by atoms with E-state index in [0.29, 0.717) is 34.1 Å². The fourth-order valence-electron chi connectivity index (χ4n) is 2.63. The van der Waals surface area contributed by atoms with Gasteiger partial charge in [-0.3, -0.25) is 4.79 Å². The minimum atomic E-state index is -1.15. The van der Waals surface area contributed by atoms with Crippen LogP contribution in [0.4, 0.5) is 0 Å². The first-order chi connectivity index (χ1) is 15.4. The van der Waals surface area contributed by atoms with Gasteiger partial charge in [0.2, 0.25) is 5.76 Å². The van der Waals surface area contributed by atoms with Gasteiger partial charge in [-0.2, -0.15) is 5.10 Å². The number of hydrogen-bond acceptors (Lipinski definition) is 7. The van der Waals surface area contributed by atoms with Crippen molar-refractivity contribution in [3.05, 3.63) is 74.7 Å². The van der Waals surface area contributed by atoms with E-state index in [1.165, 1.54) is 25.5 Å². The number of aromatic carboxylic acids is 1. The number of rotatable bonds is 9. The Morgan fingerprint density at radius 3 is 2.53 bits per heavy atom. The van der Waals surface area contributed by atoms with Crippen molar-refractivity contribution in [2.24, 2.45) is 5.10 Å². The number of furan rings is 1. The SMILES string of the molecule is COc1cc(C(=O)N/N=C/c2ccc(OCc3ccc(C(=O)O)o3)c(OC)c2)ccc1I. The second kappa shape index (κ2) is 10.7. The number of carbonyl (C=O) groups excluding carboxylic acids is 1. The van der Waals surface area contributed by atoms with Crippen molar-refractivity contribution in [1.29, 1.82) is 0 Å². The van der Waals surface area contributed by atoms with Gasteiger partial charge in [-0.15, -0.1) is 0 Å². The number of halogens is 1. The highest BCUT2D eigenvalue weighted by Gasteiger charge is 2.11. The molecule has 0 aliphatic carbocycles. The number of methoxy groups -OCH3 is 2. The van der Waals surface area contributed by atoms with Gasteiger partial charge in [-0.25, -0.2) is 10.2 Å². The van der Waals surface area contributed by atoms with E-state index in [4.69, 9.17) is 23.7 Å². The predicted octanol–water partition coefficient (Wildman–Crippen LogP) is 3.94. The molecule has 1 amide bonds. The summed E-state index contributed by atoms with van der Waals surface area (Å²) < 4.78 is 22.3. The zero-order valence-corrected chi connectivity index (χ0v) is 19.3. The summed E-state index contributed by atoms with van der Waals surface area (Å²) in [4.78, 5) is 23.2. The maximum absolute atomic E-state index is 12.3. The smallest absolute Gasteiger partial charge is 0.371 e. The summed E-state index contributed by atoms with van der Waals surface area (Å²) in [5.41, 5.74) is 3.56. The quantitative estimate of drug-likeness (QED) is 0.235. The van der Waals surface area contributed by atoms with Gasteiger partial charge < -0.3 is 23.7 Å². The van der Waals surface area contributed by atoms with Crippen molar-refractivity contribution >= 4 is 40.7 Å². The molecule has 32 heavy (non-hydrogen) atoms. The number of carbonyl (C=O) groups is 2. The van der Waals surface area contributed by atoms with E-state index >= 15 is 0 Å². The highest BCUT2D eigenvalue weighted by molar-refractivity contribution is 14.1. The Bertz CT molecular complexity index is 1160. The standard InChI is InChI=1S/C22H19IN2O7/c1-29-19-10-14(4-6-16(19)23)21(26)25-24-11-13-3-7-17(20(9-13)30-2)31-12-15-5-8-18(32-15)22(27)28/h3-11H,12H2,1-2H3,(H,25,26)(H,27,28)/b24-11+. The van der Waals surface area contributed by atoms with E-state index in [-0.39, 0.29) is 18.3 Å². The van der Waals surface area contributed by atoms with Crippen molar-refractivity contribution in [2.45, 2.75) is 6.61 Å². The molecule has 0 atom stereocenters. The number of hydrogen-bond donors (Lipinski definition) is 2. The second-order valence-electron chi connectivity index (χ2n) is 6.32. The summed E-state index contributed by atoms with van der Waals surface area (Å²) >= 11 is 2.12. The summed E-state index contributed by atoms with van der Waals surface area (Å²) in [6.45, 7) is 0.0343. The lowest BCUT2D eigenvalue weighted by Gasteiger charge is -2.10. The Balaban J connectivity index is 1.62. The molecule has 0 unspecified atom stereocenters. The minimum Gasteiger partial charge on any atom is -0.496 e. The van der Waals surface area contributed by atoms with Gasteiger partial charge in [0.1, 0.15) is 18.1 Å². The first-order valence-corrected chi connectivity index (χ1v) is 10.3. The molecule has 10 heteroatoms. The summed E-state index contributed by atoms with van der Waals surface area (Å²) in [6.07, 6.45) is 1.47. The molecule has 0 spiro atoms. The third-order valence-corrected chi connectivity index (χ3v) is 5.11. The van der Waals surface area contributed by atoms with Gasteiger partial charge >= 0.3 is 5.97 Å². The Hall–Kier alpha value is -3.54. The molecule has 9 nitrogen and oxygen atoms in total. The Morgan fingerprint density at radius 1 is 1.06 bits per heavy atom. The van der Waals surface area contributed by atoms with Crippen molar-refractivity contribution in [3.8, 4) is 17.2 Å². The largest absolute Gasteiger partial charge is 0.496 e. The van der Waals surface area contributed by atoms with Crippen LogP contribution in [-0.4, -0.2) is 37.4 Å². The molecule has 0 aliphatic rings. The van der Waals surface area contributed by atoms with Crippen LogP contribution in [0.25, 0.3) is 0 Å². The van der Waals surface area contributed by atoms with Gasteiger partial charge in [0.05, 0.1) is 24.0 Å². The molecule has 1 heterocycles. The van der Waals surface area contributed by atoms with Crippen molar-refractivity contribution in [3.63, 3.8) is 0 Å². The maximum atomic E-state index is 12.3. The number of amides is 1. The second-order valence-corrected chi connectivity index (χ2v) is 7.48. The molecule has 0 bridgehead atoms. The number of benzene rings is 2. The minimum absolute atomic E-state index is 0.0343. The van der Waals surface area contributed by atoms with Crippen LogP contribution in [0.15, 0.2) is 58.0 Å². The highest BCUT2D eigenvalue weighted by Crippen LogP contribution is 2.28. The van der Waals surface area contributed by atoms with E-state index in [0.717, 1.165) is 3.57 Å². The van der Waals surface area contributed by atoms with Crippen LogP contribution >= 0.6 is 22.6 Å². The maximum Gasteiger partial charge on any atom is 0.371 e. The van der Waals surface area contributed by atoms with E-state index in [9.17, 15) is 9.59 Å². The molecule has 0 aliphatic heterocycles. The first-order valence-electron chi connectivity index (χ1n) is 9.21. The lowest BCUT2D eigenvalue weighted by atomic mass is 10.2. The number of nitrogens with zero attached hydrogens (tertiary/aromatic N) is 1. The third kappa shape index (κ3) is 5.78. The average Bonchev–Trinajstić information content (AvgIpc) is 3.27. The van der Waals surface area contributed by atoms with Crippen molar-refractivity contribution in [1.82, 2.24) is 5.43 Å². The monoisotopic (exact) mass is 550 g/mol. The predicted molar refractivity (Wildman–Crippen MR) is 124 cm³/mol. The van der Waals surface area contributed by atoms with E-state index < -0.39 is 5.97 Å². The molecule has 1 aromatic heterocycles. The molecule has 0 saturated heterocycles. The van der Waals surface area contributed by atoms with Crippen LogP contribution in [-0.2, 0) is 6.61 Å². The lowest BCUT2D eigenvalue weighted by Crippen LogP contribution is -2.17. The Morgan fingerprint density at radius 2 is 1.84 bits per heavy atom. The van der Waals surface area contributed by atoms with Crippen LogP contribution in [0, 0.1) is 3.57 Å². The van der Waals surface area contributed by atoms with Crippen LogP contribution < -0.4 is 19.6 Å². The molecule has 0 fully saturated rings. The summed E-state index contributed by atoms with van der Waals surface area (Å²) in [7, 11) is 3.03. The molecule has 0 radical (unpaired) electrons. The molecular weight excluding hydrogens is 531 g/mol. The highest BCUT2D eigenvalue weighted by atomic mass is 127.